The maximum atomic E-state index is 12.0. The van der Waals surface area contributed by atoms with Gasteiger partial charge in [-0.05, 0) is 18.2 Å². The SMILES string of the molecule is CC(=O)Nc1ccc2c(c1)C(=O)N(C)CCO2. The molecule has 2 rings (SSSR count). The monoisotopic (exact) mass is 234 g/mol. The molecular formula is C12H14N2O3. The average molecular weight is 234 g/mol. The predicted molar refractivity (Wildman–Crippen MR) is 63.2 cm³/mol. The molecule has 17 heavy (non-hydrogen) atoms. The van der Waals surface area contributed by atoms with Crippen LogP contribution in [0.1, 0.15) is 17.3 Å². The summed E-state index contributed by atoms with van der Waals surface area (Å²) in [5.74, 6) is 0.304. The van der Waals surface area contributed by atoms with E-state index in [1.54, 1.807) is 30.1 Å². The lowest BCUT2D eigenvalue weighted by molar-refractivity contribution is -0.114. The van der Waals surface area contributed by atoms with Gasteiger partial charge in [-0.3, -0.25) is 9.59 Å². The molecule has 0 fully saturated rings. The van der Waals surface area contributed by atoms with Crippen LogP contribution < -0.4 is 10.1 Å². The van der Waals surface area contributed by atoms with Crippen LogP contribution in [0.25, 0.3) is 0 Å². The van der Waals surface area contributed by atoms with Crippen molar-refractivity contribution in [3.05, 3.63) is 23.8 Å². The predicted octanol–water partition coefficient (Wildman–Crippen LogP) is 1.11. The standard InChI is InChI=1S/C12H14N2O3/c1-8(15)13-9-3-4-11-10(7-9)12(16)14(2)5-6-17-11/h3-4,7H,5-6H2,1-2H3,(H,13,15). The number of ether oxygens (including phenoxy) is 1. The molecular weight excluding hydrogens is 220 g/mol. The van der Waals surface area contributed by atoms with E-state index < -0.39 is 0 Å². The second-order valence-corrected chi connectivity index (χ2v) is 3.97. The number of rotatable bonds is 1. The van der Waals surface area contributed by atoms with Crippen LogP contribution in [0.5, 0.6) is 5.75 Å². The fourth-order valence-corrected chi connectivity index (χ4v) is 1.70. The molecule has 5 nitrogen and oxygen atoms in total. The van der Waals surface area contributed by atoms with Crippen LogP contribution in [-0.2, 0) is 4.79 Å². The summed E-state index contributed by atoms with van der Waals surface area (Å²) in [5.41, 5.74) is 1.08. The van der Waals surface area contributed by atoms with Gasteiger partial charge in [0.1, 0.15) is 12.4 Å². The number of hydrogen-bond donors (Lipinski definition) is 1. The molecule has 0 spiro atoms. The summed E-state index contributed by atoms with van der Waals surface area (Å²) in [4.78, 5) is 24.6. The van der Waals surface area contributed by atoms with Gasteiger partial charge in [0.15, 0.2) is 0 Å². The highest BCUT2D eigenvalue weighted by atomic mass is 16.5. The van der Waals surface area contributed by atoms with E-state index in [0.29, 0.717) is 30.2 Å². The number of likely N-dealkylation sites (N-methyl/N-ethyl adjacent to an activating group) is 1. The van der Waals surface area contributed by atoms with Crippen molar-refractivity contribution in [3.63, 3.8) is 0 Å². The average Bonchev–Trinajstić information content (AvgIpc) is 2.40. The normalized spacial score (nSPS) is 14.7. The van der Waals surface area contributed by atoms with Crippen LogP contribution in [0.3, 0.4) is 0 Å². The molecule has 1 aromatic carbocycles. The Morgan fingerprint density at radius 3 is 2.94 bits per heavy atom. The van der Waals surface area contributed by atoms with Gasteiger partial charge in [0, 0.05) is 19.7 Å². The van der Waals surface area contributed by atoms with Crippen LogP contribution in [0.4, 0.5) is 5.69 Å². The second kappa shape index (κ2) is 4.45. The summed E-state index contributed by atoms with van der Waals surface area (Å²) in [6, 6.07) is 5.07. The molecule has 0 aromatic heterocycles. The number of nitrogens with zero attached hydrogens (tertiary/aromatic N) is 1. The van der Waals surface area contributed by atoms with Crippen LogP contribution in [0, 0.1) is 0 Å². The van der Waals surface area contributed by atoms with Gasteiger partial charge < -0.3 is 15.0 Å². The summed E-state index contributed by atoms with van der Waals surface area (Å²) in [6.07, 6.45) is 0. The summed E-state index contributed by atoms with van der Waals surface area (Å²) >= 11 is 0. The Balaban J connectivity index is 2.38. The van der Waals surface area contributed by atoms with E-state index in [4.69, 9.17) is 4.74 Å². The quantitative estimate of drug-likeness (QED) is 0.791. The summed E-state index contributed by atoms with van der Waals surface area (Å²) in [7, 11) is 1.73. The lowest BCUT2D eigenvalue weighted by atomic mass is 10.1. The number of anilines is 1. The molecule has 2 amide bonds. The maximum absolute atomic E-state index is 12.0. The maximum Gasteiger partial charge on any atom is 0.257 e. The Morgan fingerprint density at radius 2 is 2.24 bits per heavy atom. The number of carbonyl (C=O) groups is 2. The Kier molecular flexibility index (Phi) is 2.99. The van der Waals surface area contributed by atoms with Crippen LogP contribution in [0.2, 0.25) is 0 Å². The lowest BCUT2D eigenvalue weighted by Gasteiger charge is -2.12. The molecule has 0 saturated carbocycles. The molecule has 1 N–H and O–H groups in total. The first kappa shape index (κ1) is 11.4. The molecule has 0 atom stereocenters. The number of benzene rings is 1. The molecule has 5 heteroatoms. The minimum absolute atomic E-state index is 0.0929. The van der Waals surface area contributed by atoms with Gasteiger partial charge in [0.2, 0.25) is 5.91 Å². The number of hydrogen-bond acceptors (Lipinski definition) is 3. The van der Waals surface area contributed by atoms with Crippen molar-refractivity contribution in [1.29, 1.82) is 0 Å². The first-order valence-electron chi connectivity index (χ1n) is 5.38. The van der Waals surface area contributed by atoms with Crippen molar-refractivity contribution in [3.8, 4) is 5.75 Å². The molecule has 0 bridgehead atoms. The third kappa shape index (κ3) is 2.38. The molecule has 1 aromatic rings. The first-order chi connectivity index (χ1) is 8.08. The van der Waals surface area contributed by atoms with E-state index in [0.717, 1.165) is 0 Å². The van der Waals surface area contributed by atoms with E-state index in [1.165, 1.54) is 6.92 Å². The van der Waals surface area contributed by atoms with Crippen molar-refractivity contribution in [2.45, 2.75) is 6.92 Å². The zero-order valence-electron chi connectivity index (χ0n) is 9.82. The van der Waals surface area contributed by atoms with Gasteiger partial charge in [-0.15, -0.1) is 0 Å². The number of nitrogens with one attached hydrogen (secondary N) is 1. The lowest BCUT2D eigenvalue weighted by Crippen LogP contribution is -2.27. The Bertz CT molecular complexity index is 471. The summed E-state index contributed by atoms with van der Waals surface area (Å²) < 4.78 is 5.47. The zero-order valence-corrected chi connectivity index (χ0v) is 9.82. The van der Waals surface area contributed by atoms with E-state index in [9.17, 15) is 9.59 Å². The topological polar surface area (TPSA) is 58.6 Å². The molecule has 0 radical (unpaired) electrons. The van der Waals surface area contributed by atoms with Crippen LogP contribution in [-0.4, -0.2) is 36.9 Å². The molecule has 0 saturated heterocycles. The highest BCUT2D eigenvalue weighted by Gasteiger charge is 2.21. The molecule has 0 aliphatic carbocycles. The van der Waals surface area contributed by atoms with Gasteiger partial charge in [0.05, 0.1) is 12.1 Å². The van der Waals surface area contributed by atoms with Gasteiger partial charge in [-0.2, -0.15) is 0 Å². The minimum atomic E-state index is -0.166. The van der Waals surface area contributed by atoms with Crippen molar-refractivity contribution >= 4 is 17.5 Å². The minimum Gasteiger partial charge on any atom is -0.491 e. The van der Waals surface area contributed by atoms with Gasteiger partial charge in [-0.1, -0.05) is 0 Å². The molecule has 1 aliphatic heterocycles. The van der Waals surface area contributed by atoms with Crippen LogP contribution in [0.15, 0.2) is 18.2 Å². The van der Waals surface area contributed by atoms with Crippen molar-refractivity contribution in [2.24, 2.45) is 0 Å². The van der Waals surface area contributed by atoms with Crippen molar-refractivity contribution in [1.82, 2.24) is 4.90 Å². The fourth-order valence-electron chi connectivity index (χ4n) is 1.70. The molecule has 0 unspecified atom stereocenters. The van der Waals surface area contributed by atoms with Gasteiger partial charge in [0.25, 0.3) is 5.91 Å². The van der Waals surface area contributed by atoms with E-state index in [-0.39, 0.29) is 11.8 Å². The van der Waals surface area contributed by atoms with Crippen molar-refractivity contribution in [2.75, 3.05) is 25.5 Å². The fraction of sp³-hybridized carbons (Fsp3) is 0.333. The first-order valence-corrected chi connectivity index (χ1v) is 5.38. The summed E-state index contributed by atoms with van der Waals surface area (Å²) in [5, 5.41) is 2.65. The second-order valence-electron chi connectivity index (χ2n) is 3.97. The Labute approximate surface area is 99.4 Å². The van der Waals surface area contributed by atoms with Crippen molar-refractivity contribution < 1.29 is 14.3 Å². The summed E-state index contributed by atoms with van der Waals surface area (Å²) in [6.45, 7) is 2.47. The van der Waals surface area contributed by atoms with Gasteiger partial charge in [-0.25, -0.2) is 0 Å². The van der Waals surface area contributed by atoms with E-state index in [2.05, 4.69) is 5.32 Å². The Hall–Kier alpha value is -2.04. The smallest absolute Gasteiger partial charge is 0.257 e. The highest BCUT2D eigenvalue weighted by Crippen LogP contribution is 2.25. The largest absolute Gasteiger partial charge is 0.491 e. The Morgan fingerprint density at radius 1 is 1.47 bits per heavy atom. The number of carbonyl (C=O) groups excluding carboxylic acids is 2. The number of amides is 2. The molecule has 1 aliphatic rings. The molecule has 90 valence electrons. The van der Waals surface area contributed by atoms with E-state index in [1.807, 2.05) is 0 Å². The highest BCUT2D eigenvalue weighted by molar-refractivity contribution is 5.99. The molecule has 1 heterocycles. The third-order valence-corrected chi connectivity index (χ3v) is 2.56. The van der Waals surface area contributed by atoms with E-state index >= 15 is 0 Å². The van der Waals surface area contributed by atoms with Crippen LogP contribution >= 0.6 is 0 Å². The van der Waals surface area contributed by atoms with Gasteiger partial charge >= 0.3 is 0 Å². The number of fused-ring (bicyclic) bond motifs is 1. The third-order valence-electron chi connectivity index (χ3n) is 2.56. The zero-order chi connectivity index (χ0) is 12.4.